The minimum absolute atomic E-state index is 0.142. The summed E-state index contributed by atoms with van der Waals surface area (Å²) in [7, 11) is 0. The van der Waals surface area contributed by atoms with Gasteiger partial charge in [-0.15, -0.1) is 0 Å². The van der Waals surface area contributed by atoms with E-state index < -0.39 is 0 Å². The first kappa shape index (κ1) is 12.0. The lowest BCUT2D eigenvalue weighted by Crippen LogP contribution is -2.40. The molecule has 0 spiro atoms. The van der Waals surface area contributed by atoms with Crippen molar-refractivity contribution in [3.8, 4) is 0 Å². The van der Waals surface area contributed by atoms with Crippen molar-refractivity contribution >= 4 is 17.7 Å². The molecule has 0 saturated heterocycles. The zero-order valence-corrected chi connectivity index (χ0v) is 11.1. The van der Waals surface area contributed by atoms with Crippen molar-refractivity contribution in [1.29, 1.82) is 0 Å². The van der Waals surface area contributed by atoms with E-state index in [1.165, 1.54) is 6.42 Å². The SMILES string of the molecule is CSC(C)(C)CNC(=O)[C@@H]1C[C@H]2C=C[C@H]1C2. The maximum Gasteiger partial charge on any atom is 0.223 e. The number of carbonyl (C=O) groups is 1. The number of hydrogen-bond acceptors (Lipinski definition) is 2. The quantitative estimate of drug-likeness (QED) is 0.764. The summed E-state index contributed by atoms with van der Waals surface area (Å²) < 4.78 is 0.142. The number of allylic oxidation sites excluding steroid dienone is 2. The molecule has 3 atom stereocenters. The molecule has 1 N–H and O–H groups in total. The summed E-state index contributed by atoms with van der Waals surface area (Å²) in [4.78, 5) is 12.0. The molecule has 0 radical (unpaired) electrons. The molecule has 1 fully saturated rings. The second-order valence-electron chi connectivity index (χ2n) is 5.57. The van der Waals surface area contributed by atoms with E-state index in [0.29, 0.717) is 11.8 Å². The Morgan fingerprint density at radius 3 is 2.69 bits per heavy atom. The molecule has 2 nitrogen and oxygen atoms in total. The molecule has 0 aromatic rings. The molecule has 2 bridgehead atoms. The molecule has 2 aliphatic carbocycles. The van der Waals surface area contributed by atoms with E-state index in [1.54, 1.807) is 11.8 Å². The van der Waals surface area contributed by atoms with Gasteiger partial charge in [0, 0.05) is 17.2 Å². The van der Waals surface area contributed by atoms with Crippen LogP contribution >= 0.6 is 11.8 Å². The van der Waals surface area contributed by atoms with Crippen LogP contribution in [0.3, 0.4) is 0 Å². The number of thioether (sulfide) groups is 1. The highest BCUT2D eigenvalue weighted by Gasteiger charge is 2.39. The molecule has 0 unspecified atom stereocenters. The molecular weight excluding hydrogens is 218 g/mol. The number of fused-ring (bicyclic) bond motifs is 2. The molecule has 90 valence electrons. The molecule has 16 heavy (non-hydrogen) atoms. The Morgan fingerprint density at radius 2 is 2.19 bits per heavy atom. The highest BCUT2D eigenvalue weighted by molar-refractivity contribution is 7.99. The van der Waals surface area contributed by atoms with E-state index in [9.17, 15) is 4.79 Å². The second kappa shape index (κ2) is 4.44. The predicted molar refractivity (Wildman–Crippen MR) is 69.4 cm³/mol. The zero-order chi connectivity index (χ0) is 11.8. The lowest BCUT2D eigenvalue weighted by Gasteiger charge is -2.24. The van der Waals surface area contributed by atoms with E-state index in [1.807, 2.05) is 0 Å². The van der Waals surface area contributed by atoms with Gasteiger partial charge in [-0.05, 0) is 44.8 Å². The van der Waals surface area contributed by atoms with Crippen molar-refractivity contribution in [2.24, 2.45) is 17.8 Å². The Bertz CT molecular complexity index is 311. The molecule has 0 aromatic heterocycles. The standard InChI is InChI=1S/C13H21NOS/c1-13(2,16-3)8-14-12(15)11-7-9-4-5-10(11)6-9/h4-5,9-11H,6-8H2,1-3H3,(H,14,15)/t9-,10-,11+/m0/s1. The predicted octanol–water partition coefficient (Wildman–Crippen LogP) is 2.46. The van der Waals surface area contributed by atoms with Crippen LogP contribution in [0.15, 0.2) is 12.2 Å². The first-order valence-corrected chi connectivity index (χ1v) is 7.25. The highest BCUT2D eigenvalue weighted by atomic mass is 32.2. The Morgan fingerprint density at radius 1 is 1.44 bits per heavy atom. The average molecular weight is 239 g/mol. The first-order valence-electron chi connectivity index (χ1n) is 6.03. The van der Waals surface area contributed by atoms with Crippen molar-refractivity contribution < 1.29 is 4.79 Å². The van der Waals surface area contributed by atoms with Gasteiger partial charge in [-0.2, -0.15) is 11.8 Å². The summed E-state index contributed by atoms with van der Waals surface area (Å²) in [5, 5.41) is 3.11. The van der Waals surface area contributed by atoms with Crippen LogP contribution in [0.5, 0.6) is 0 Å². The third-order valence-electron chi connectivity index (χ3n) is 3.86. The summed E-state index contributed by atoms with van der Waals surface area (Å²) in [6.45, 7) is 5.10. The molecule has 1 saturated carbocycles. The third kappa shape index (κ3) is 2.45. The minimum Gasteiger partial charge on any atom is -0.354 e. The molecule has 2 rings (SSSR count). The summed E-state index contributed by atoms with van der Waals surface area (Å²) >= 11 is 1.80. The van der Waals surface area contributed by atoms with Crippen LogP contribution in [-0.4, -0.2) is 23.5 Å². The number of carbonyl (C=O) groups excluding carboxylic acids is 1. The van der Waals surface area contributed by atoms with Gasteiger partial charge in [-0.1, -0.05) is 12.2 Å². The van der Waals surface area contributed by atoms with Crippen molar-refractivity contribution in [1.82, 2.24) is 5.32 Å². The molecule has 3 heteroatoms. The number of nitrogens with one attached hydrogen (secondary N) is 1. The molecule has 1 amide bonds. The lowest BCUT2D eigenvalue weighted by molar-refractivity contribution is -0.125. The normalized spacial score (nSPS) is 32.1. The van der Waals surface area contributed by atoms with Crippen molar-refractivity contribution in [2.75, 3.05) is 12.8 Å². The van der Waals surface area contributed by atoms with Crippen LogP contribution < -0.4 is 5.32 Å². The topological polar surface area (TPSA) is 29.1 Å². The van der Waals surface area contributed by atoms with E-state index >= 15 is 0 Å². The van der Waals surface area contributed by atoms with E-state index in [4.69, 9.17) is 0 Å². The maximum atomic E-state index is 12.0. The van der Waals surface area contributed by atoms with Crippen LogP contribution in [0.25, 0.3) is 0 Å². The second-order valence-corrected chi connectivity index (χ2v) is 7.08. The summed E-state index contributed by atoms with van der Waals surface area (Å²) in [5.41, 5.74) is 0. The number of rotatable bonds is 4. The van der Waals surface area contributed by atoms with Gasteiger partial charge in [0.1, 0.15) is 0 Å². The fraction of sp³-hybridized carbons (Fsp3) is 0.769. The van der Waals surface area contributed by atoms with Gasteiger partial charge in [0.05, 0.1) is 0 Å². The monoisotopic (exact) mass is 239 g/mol. The van der Waals surface area contributed by atoms with Crippen LogP contribution in [0, 0.1) is 17.8 Å². The number of hydrogen-bond donors (Lipinski definition) is 1. The minimum atomic E-state index is 0.142. The Kier molecular flexibility index (Phi) is 3.34. The molecule has 0 aliphatic heterocycles. The van der Waals surface area contributed by atoms with Crippen molar-refractivity contribution in [2.45, 2.75) is 31.4 Å². The van der Waals surface area contributed by atoms with Gasteiger partial charge < -0.3 is 5.32 Å². The Labute approximate surface area is 102 Å². The van der Waals surface area contributed by atoms with Crippen LogP contribution in [-0.2, 0) is 4.79 Å². The largest absolute Gasteiger partial charge is 0.354 e. The van der Waals surface area contributed by atoms with Gasteiger partial charge in [0.2, 0.25) is 5.91 Å². The van der Waals surface area contributed by atoms with Gasteiger partial charge in [0.25, 0.3) is 0 Å². The fourth-order valence-corrected chi connectivity index (χ4v) is 2.80. The highest BCUT2D eigenvalue weighted by Crippen LogP contribution is 2.43. The van der Waals surface area contributed by atoms with Gasteiger partial charge in [0.15, 0.2) is 0 Å². The Balaban J connectivity index is 1.83. The van der Waals surface area contributed by atoms with Crippen LogP contribution in [0.2, 0.25) is 0 Å². The molecule has 2 aliphatic rings. The smallest absolute Gasteiger partial charge is 0.223 e. The van der Waals surface area contributed by atoms with Gasteiger partial charge in [-0.3, -0.25) is 4.79 Å². The van der Waals surface area contributed by atoms with E-state index in [2.05, 4.69) is 37.6 Å². The summed E-state index contributed by atoms with van der Waals surface area (Å²) in [5.74, 6) is 1.70. The first-order chi connectivity index (χ1) is 7.52. The third-order valence-corrected chi connectivity index (χ3v) is 5.11. The average Bonchev–Trinajstić information content (AvgIpc) is 2.87. The summed E-state index contributed by atoms with van der Waals surface area (Å²) in [6, 6.07) is 0. The van der Waals surface area contributed by atoms with E-state index in [0.717, 1.165) is 13.0 Å². The molecule has 0 aromatic carbocycles. The molecular formula is C13H21NOS. The van der Waals surface area contributed by atoms with Crippen molar-refractivity contribution in [3.63, 3.8) is 0 Å². The van der Waals surface area contributed by atoms with Crippen LogP contribution in [0.1, 0.15) is 26.7 Å². The Hall–Kier alpha value is -0.440. The lowest BCUT2D eigenvalue weighted by atomic mass is 9.93. The van der Waals surface area contributed by atoms with Crippen LogP contribution in [0.4, 0.5) is 0 Å². The van der Waals surface area contributed by atoms with Gasteiger partial charge in [-0.25, -0.2) is 0 Å². The van der Waals surface area contributed by atoms with E-state index in [-0.39, 0.29) is 16.6 Å². The van der Waals surface area contributed by atoms with Gasteiger partial charge >= 0.3 is 0 Å². The summed E-state index contributed by atoms with van der Waals surface area (Å²) in [6.07, 6.45) is 8.86. The fourth-order valence-electron chi connectivity index (χ4n) is 2.59. The zero-order valence-electron chi connectivity index (χ0n) is 10.3. The number of amides is 1. The molecule has 0 heterocycles. The maximum absolute atomic E-state index is 12.0. The van der Waals surface area contributed by atoms with Crippen molar-refractivity contribution in [3.05, 3.63) is 12.2 Å².